The van der Waals surface area contributed by atoms with Crippen LogP contribution in [0.2, 0.25) is 0 Å². The average Bonchev–Trinajstić information content (AvgIpc) is 3.83. The smallest absolute Gasteiger partial charge is 0.196 e. The molecule has 60 heavy (non-hydrogen) atoms. The first kappa shape index (κ1) is 35.2. The zero-order valence-corrected chi connectivity index (χ0v) is 31.6. The molecule has 8 nitrogen and oxygen atoms in total. The number of nitriles is 2. The summed E-state index contributed by atoms with van der Waals surface area (Å²) in [4.78, 5) is 16.1. The highest BCUT2D eigenvalue weighted by Crippen LogP contribution is 2.42. The van der Waals surface area contributed by atoms with E-state index in [9.17, 15) is 10.5 Å². The Labute approximate surface area is 344 Å². The van der Waals surface area contributed by atoms with Gasteiger partial charge in [-0.2, -0.15) is 10.5 Å². The number of benzene rings is 7. The SMILES string of the molecule is [C-]#[N+]c1ccc(-c2cc(-n3c4ccccc4c4cc(-c5ccc(C#N)cc5[N+]#[C-])ccc43)ncc2-n2c3ccccc3c3cc(-c4ccc([N+]#[C-])cc4C#N)ccc32)cc1. The first-order chi connectivity index (χ1) is 29.5. The third-order valence-corrected chi connectivity index (χ3v) is 11.1. The van der Waals surface area contributed by atoms with Gasteiger partial charge in [-0.3, -0.25) is 4.57 Å². The van der Waals surface area contributed by atoms with Crippen molar-refractivity contribution in [1.82, 2.24) is 14.1 Å². The number of pyridine rings is 1. The van der Waals surface area contributed by atoms with E-state index in [1.807, 2.05) is 79.0 Å². The van der Waals surface area contributed by atoms with Crippen LogP contribution in [-0.4, -0.2) is 14.1 Å². The fourth-order valence-corrected chi connectivity index (χ4v) is 8.36. The van der Waals surface area contributed by atoms with E-state index in [0.29, 0.717) is 34.0 Å². The summed E-state index contributed by atoms with van der Waals surface area (Å²) in [6.07, 6.45) is 1.91. The molecule has 10 aromatic rings. The molecule has 3 heterocycles. The zero-order chi connectivity index (χ0) is 40.9. The van der Waals surface area contributed by atoms with Crippen LogP contribution < -0.4 is 0 Å². The highest BCUT2D eigenvalue weighted by atomic mass is 15.1. The Hall–Kier alpha value is -9.26. The molecule has 0 saturated heterocycles. The molecule has 274 valence electrons. The van der Waals surface area contributed by atoms with Gasteiger partial charge in [-0.1, -0.05) is 91.0 Å². The maximum Gasteiger partial charge on any atom is 0.196 e. The van der Waals surface area contributed by atoms with Crippen LogP contribution in [0.5, 0.6) is 0 Å². The van der Waals surface area contributed by atoms with Gasteiger partial charge in [-0.15, -0.1) is 0 Å². The quantitative estimate of drug-likeness (QED) is 0.164. The maximum absolute atomic E-state index is 10.0. The molecular formula is C52H26N8. The fourth-order valence-electron chi connectivity index (χ4n) is 8.36. The fraction of sp³-hybridized carbons (Fsp3) is 0. The van der Waals surface area contributed by atoms with Crippen molar-refractivity contribution in [2.45, 2.75) is 0 Å². The normalized spacial score (nSPS) is 10.9. The second kappa shape index (κ2) is 14.0. The van der Waals surface area contributed by atoms with Crippen molar-refractivity contribution in [2.75, 3.05) is 0 Å². The molecule has 10 rings (SSSR count). The average molecular weight is 763 g/mol. The minimum absolute atomic E-state index is 0.421. The molecule has 3 aromatic heterocycles. The van der Waals surface area contributed by atoms with Crippen molar-refractivity contribution in [3.8, 4) is 57.0 Å². The molecule has 0 aliphatic heterocycles. The Morgan fingerprint density at radius 3 is 1.70 bits per heavy atom. The van der Waals surface area contributed by atoms with Crippen molar-refractivity contribution in [1.29, 1.82) is 10.5 Å². The third-order valence-electron chi connectivity index (χ3n) is 11.1. The van der Waals surface area contributed by atoms with Crippen molar-refractivity contribution in [3.63, 3.8) is 0 Å². The Bertz CT molecular complexity index is 3660. The van der Waals surface area contributed by atoms with E-state index >= 15 is 0 Å². The molecule has 0 fully saturated rings. The minimum Gasteiger partial charge on any atom is -0.307 e. The summed E-state index contributed by atoms with van der Waals surface area (Å²) in [7, 11) is 0. The van der Waals surface area contributed by atoms with Crippen LogP contribution in [0.4, 0.5) is 17.1 Å². The van der Waals surface area contributed by atoms with Crippen LogP contribution in [0.15, 0.2) is 158 Å². The molecule has 0 aliphatic carbocycles. The minimum atomic E-state index is 0.421. The lowest BCUT2D eigenvalue weighted by Crippen LogP contribution is -2.03. The lowest BCUT2D eigenvalue weighted by atomic mass is 9.98. The molecule has 8 heteroatoms. The van der Waals surface area contributed by atoms with Gasteiger partial charge in [0, 0.05) is 38.2 Å². The maximum atomic E-state index is 10.0. The molecule has 0 N–H and O–H groups in total. The van der Waals surface area contributed by atoms with Gasteiger partial charge in [-0.05, 0) is 88.5 Å². The van der Waals surface area contributed by atoms with Gasteiger partial charge in [0.1, 0.15) is 5.82 Å². The summed E-state index contributed by atoms with van der Waals surface area (Å²) in [6, 6.07) is 53.4. The van der Waals surface area contributed by atoms with Crippen molar-refractivity contribution >= 4 is 60.7 Å². The van der Waals surface area contributed by atoms with E-state index in [1.165, 1.54) is 0 Å². The van der Waals surface area contributed by atoms with Crippen molar-refractivity contribution in [3.05, 3.63) is 203 Å². The molecule has 0 spiro atoms. The largest absolute Gasteiger partial charge is 0.307 e. The number of hydrogen-bond acceptors (Lipinski definition) is 3. The standard InChI is InChI=1S/C52H26N8/c1-55-37-17-13-33(14-18-37)43-28-52(60-48-11-7-5-9-42(48)45-27-35(16-23-50(45)60)40-20-12-32(29-53)24-46(40)57-3)58-31-51(43)59-47-10-6-4-8-41(47)44-26-34(15-22-49(44)59)39-21-19-38(56-2)25-36(39)30-54/h4-28,31H. The Morgan fingerprint density at radius 1 is 0.467 bits per heavy atom. The summed E-state index contributed by atoms with van der Waals surface area (Å²) in [5.74, 6) is 0.706. The molecule has 0 aliphatic rings. The first-order valence-corrected chi connectivity index (χ1v) is 18.9. The number of fused-ring (bicyclic) bond motifs is 6. The first-order valence-electron chi connectivity index (χ1n) is 18.9. The lowest BCUT2D eigenvalue weighted by molar-refractivity contribution is 1.06. The lowest BCUT2D eigenvalue weighted by Gasteiger charge is -2.17. The topological polar surface area (TPSA) is 83.4 Å². The van der Waals surface area contributed by atoms with Gasteiger partial charge < -0.3 is 4.57 Å². The summed E-state index contributed by atoms with van der Waals surface area (Å²) in [5.41, 5.74) is 12.1. The number of nitrogens with zero attached hydrogens (tertiary/aromatic N) is 8. The van der Waals surface area contributed by atoms with Crippen molar-refractivity contribution < 1.29 is 0 Å². The Balaban J connectivity index is 1.20. The second-order valence-electron chi connectivity index (χ2n) is 14.3. The van der Waals surface area contributed by atoms with Crippen LogP contribution in [0.25, 0.3) is 103 Å². The number of aromatic nitrogens is 3. The van der Waals surface area contributed by atoms with Gasteiger partial charge in [0.05, 0.1) is 65.8 Å². The van der Waals surface area contributed by atoms with Crippen LogP contribution in [0, 0.1) is 42.4 Å². The Kier molecular flexibility index (Phi) is 8.23. The predicted octanol–water partition coefficient (Wildman–Crippen LogP) is 13.7. The monoisotopic (exact) mass is 762 g/mol. The zero-order valence-electron chi connectivity index (χ0n) is 31.6. The van der Waals surface area contributed by atoms with E-state index in [1.54, 1.807) is 24.3 Å². The van der Waals surface area contributed by atoms with Crippen LogP contribution in [-0.2, 0) is 0 Å². The predicted molar refractivity (Wildman–Crippen MR) is 237 cm³/mol. The van der Waals surface area contributed by atoms with Gasteiger partial charge >= 0.3 is 0 Å². The van der Waals surface area contributed by atoms with E-state index in [4.69, 9.17) is 24.7 Å². The van der Waals surface area contributed by atoms with E-state index < -0.39 is 0 Å². The number of hydrogen-bond donors (Lipinski definition) is 0. The highest BCUT2D eigenvalue weighted by Gasteiger charge is 2.21. The van der Waals surface area contributed by atoms with Crippen LogP contribution in [0.1, 0.15) is 11.1 Å². The Morgan fingerprint density at radius 2 is 1.05 bits per heavy atom. The van der Waals surface area contributed by atoms with E-state index in [2.05, 4.69) is 90.4 Å². The molecule has 0 atom stereocenters. The summed E-state index contributed by atoms with van der Waals surface area (Å²) in [5, 5.41) is 23.5. The molecule has 0 radical (unpaired) electrons. The van der Waals surface area contributed by atoms with Gasteiger partial charge in [0.2, 0.25) is 0 Å². The number of para-hydroxylation sites is 2. The summed E-state index contributed by atoms with van der Waals surface area (Å²) >= 11 is 0. The molecular weight excluding hydrogens is 737 g/mol. The highest BCUT2D eigenvalue weighted by molar-refractivity contribution is 6.12. The van der Waals surface area contributed by atoms with Crippen molar-refractivity contribution in [2.24, 2.45) is 0 Å². The summed E-state index contributed by atoms with van der Waals surface area (Å²) in [6.45, 7) is 22.9. The summed E-state index contributed by atoms with van der Waals surface area (Å²) < 4.78 is 4.38. The molecule has 0 bridgehead atoms. The molecule has 0 saturated carbocycles. The third kappa shape index (κ3) is 5.53. The van der Waals surface area contributed by atoms with Crippen LogP contribution in [0.3, 0.4) is 0 Å². The number of rotatable bonds is 5. The van der Waals surface area contributed by atoms with Crippen LogP contribution >= 0.6 is 0 Å². The van der Waals surface area contributed by atoms with Gasteiger partial charge in [0.25, 0.3) is 0 Å². The molecule has 0 unspecified atom stereocenters. The van der Waals surface area contributed by atoms with Gasteiger partial charge in [-0.25, -0.2) is 19.5 Å². The molecule has 7 aromatic carbocycles. The van der Waals surface area contributed by atoms with Gasteiger partial charge in [0.15, 0.2) is 17.1 Å². The van der Waals surface area contributed by atoms with E-state index in [0.717, 1.165) is 82.7 Å². The molecule has 0 amide bonds. The van der Waals surface area contributed by atoms with E-state index in [-0.39, 0.29) is 0 Å². The second-order valence-corrected chi connectivity index (χ2v) is 14.3.